The van der Waals surface area contributed by atoms with Crippen LogP contribution in [0.25, 0.3) is 0 Å². The normalized spacial score (nSPS) is 16.1. The molecule has 1 aliphatic carbocycles. The molecule has 0 amide bonds. The van der Waals surface area contributed by atoms with Gasteiger partial charge < -0.3 is 0 Å². The number of halogens is 2. The number of rotatable bonds is 5. The van der Waals surface area contributed by atoms with Crippen molar-refractivity contribution in [2.45, 2.75) is 51.6 Å². The van der Waals surface area contributed by atoms with Gasteiger partial charge in [0.25, 0.3) is 0 Å². The fourth-order valence-corrected chi connectivity index (χ4v) is 7.36. The minimum atomic E-state index is -1.57. The molecule has 0 saturated heterocycles. The lowest BCUT2D eigenvalue weighted by Gasteiger charge is -2.29. The maximum Gasteiger partial charge on any atom is 0.195 e. The van der Waals surface area contributed by atoms with Crippen LogP contribution in [0.3, 0.4) is 0 Å². The third-order valence-electron chi connectivity index (χ3n) is 5.25. The first-order valence-electron chi connectivity index (χ1n) is 9.30. The van der Waals surface area contributed by atoms with Gasteiger partial charge in [-0.05, 0) is 55.6 Å². The molecule has 1 unspecified atom stereocenters. The quantitative estimate of drug-likeness (QED) is 0.471. The Bertz CT molecular complexity index is 769. The van der Waals surface area contributed by atoms with Crippen molar-refractivity contribution in [3.63, 3.8) is 0 Å². The average molecular weight is 421 g/mol. The lowest BCUT2D eigenvalue weighted by molar-refractivity contribution is 0.104. The van der Waals surface area contributed by atoms with Crippen LogP contribution in [0.2, 0.25) is 10.0 Å². The van der Waals surface area contributed by atoms with E-state index in [1.807, 2.05) is 32.0 Å². The van der Waals surface area contributed by atoms with Gasteiger partial charge >= 0.3 is 0 Å². The molecule has 0 N–H and O–H groups in total. The van der Waals surface area contributed by atoms with Gasteiger partial charge in [0.15, 0.2) is 11.0 Å². The summed E-state index contributed by atoms with van der Waals surface area (Å²) in [5.74, 6) is 0. The van der Waals surface area contributed by atoms with E-state index in [0.717, 1.165) is 43.2 Å². The fraction of sp³-hybridized carbons (Fsp3) is 0.364. The van der Waals surface area contributed by atoms with Crippen LogP contribution < -0.4 is 0 Å². The SMILES string of the molecule is Cc1cccc(C)c1C(=O)P(C(=O)c1c(Cl)cccc1Cl)C1CCCCC1. The van der Waals surface area contributed by atoms with Crippen molar-refractivity contribution in [3.05, 3.63) is 68.7 Å². The molecule has 2 aromatic carbocycles. The molecule has 5 heteroatoms. The molecule has 2 aromatic rings. The summed E-state index contributed by atoms with van der Waals surface area (Å²) >= 11 is 12.6. The Labute approximate surface area is 172 Å². The third-order valence-corrected chi connectivity index (χ3v) is 8.45. The summed E-state index contributed by atoms with van der Waals surface area (Å²) in [5.41, 5.74) is 2.71. The topological polar surface area (TPSA) is 34.1 Å². The van der Waals surface area contributed by atoms with Gasteiger partial charge in [0.05, 0.1) is 15.6 Å². The maximum absolute atomic E-state index is 13.6. The number of hydrogen-bond acceptors (Lipinski definition) is 2. The molecule has 0 aliphatic heterocycles. The van der Waals surface area contributed by atoms with E-state index in [2.05, 4.69) is 0 Å². The van der Waals surface area contributed by atoms with Crippen LogP contribution in [0.5, 0.6) is 0 Å². The largest absolute Gasteiger partial charge is 0.289 e. The highest BCUT2D eigenvalue weighted by molar-refractivity contribution is 7.90. The zero-order valence-electron chi connectivity index (χ0n) is 15.6. The molecule has 142 valence electrons. The van der Waals surface area contributed by atoms with Gasteiger partial charge in [-0.15, -0.1) is 0 Å². The summed E-state index contributed by atoms with van der Waals surface area (Å²) in [7, 11) is -1.57. The van der Waals surface area contributed by atoms with E-state index in [1.54, 1.807) is 18.2 Å². The van der Waals surface area contributed by atoms with E-state index in [9.17, 15) is 9.59 Å². The molecule has 2 nitrogen and oxygen atoms in total. The van der Waals surface area contributed by atoms with Gasteiger partial charge in [0.2, 0.25) is 0 Å². The van der Waals surface area contributed by atoms with Gasteiger partial charge in [-0.1, -0.05) is 66.7 Å². The molecule has 0 heterocycles. The summed E-state index contributed by atoms with van der Waals surface area (Å²) < 4.78 is 0. The molecular weight excluding hydrogens is 398 g/mol. The minimum absolute atomic E-state index is 0.0338. The van der Waals surface area contributed by atoms with E-state index < -0.39 is 7.92 Å². The van der Waals surface area contributed by atoms with Crippen molar-refractivity contribution in [2.24, 2.45) is 0 Å². The highest BCUT2D eigenvalue weighted by Crippen LogP contribution is 2.54. The first kappa shape index (κ1) is 20.5. The van der Waals surface area contributed by atoms with E-state index in [0.29, 0.717) is 21.2 Å². The van der Waals surface area contributed by atoms with Crippen molar-refractivity contribution in [1.82, 2.24) is 0 Å². The zero-order valence-corrected chi connectivity index (χ0v) is 18.0. The van der Waals surface area contributed by atoms with Crippen LogP contribution in [-0.2, 0) is 0 Å². The molecular formula is C22H23Cl2O2P. The Morgan fingerprint density at radius 3 is 1.85 bits per heavy atom. The van der Waals surface area contributed by atoms with Crippen LogP contribution in [0, 0.1) is 13.8 Å². The number of carbonyl (C=O) groups is 2. The monoisotopic (exact) mass is 420 g/mol. The van der Waals surface area contributed by atoms with E-state index in [-0.39, 0.29) is 16.7 Å². The smallest absolute Gasteiger partial charge is 0.195 e. The number of benzene rings is 2. The van der Waals surface area contributed by atoms with E-state index >= 15 is 0 Å². The lowest BCUT2D eigenvalue weighted by atomic mass is 10.0. The van der Waals surface area contributed by atoms with Crippen molar-refractivity contribution < 1.29 is 9.59 Å². The number of aryl methyl sites for hydroxylation is 2. The minimum Gasteiger partial charge on any atom is -0.289 e. The van der Waals surface area contributed by atoms with Gasteiger partial charge in [0.1, 0.15) is 0 Å². The summed E-state index contributed by atoms with van der Waals surface area (Å²) in [4.78, 5) is 27.2. The second kappa shape index (κ2) is 8.86. The fourth-order valence-electron chi connectivity index (χ4n) is 3.86. The summed E-state index contributed by atoms with van der Waals surface area (Å²) in [5, 5.41) is 0.648. The zero-order chi connectivity index (χ0) is 19.6. The average Bonchev–Trinajstić information content (AvgIpc) is 2.62. The first-order chi connectivity index (χ1) is 12.9. The Hall–Kier alpha value is -1.21. The highest BCUT2D eigenvalue weighted by Gasteiger charge is 2.38. The molecule has 1 fully saturated rings. The standard InChI is InChI=1S/C22H23Cl2O2P/c1-14-8-6-9-15(2)19(14)21(25)27(16-10-4-3-5-11-16)22(26)20-17(23)12-7-13-18(20)24/h6-9,12-13,16H,3-5,10-11H2,1-2H3. The lowest BCUT2D eigenvalue weighted by Crippen LogP contribution is -2.21. The molecule has 0 spiro atoms. The van der Waals surface area contributed by atoms with Crippen molar-refractivity contribution in [2.75, 3.05) is 0 Å². The van der Waals surface area contributed by atoms with Crippen LogP contribution in [0.4, 0.5) is 0 Å². The van der Waals surface area contributed by atoms with Crippen molar-refractivity contribution in [3.8, 4) is 0 Å². The van der Waals surface area contributed by atoms with E-state index in [1.165, 1.54) is 0 Å². The molecule has 0 radical (unpaired) electrons. The first-order valence-corrected chi connectivity index (χ1v) is 11.5. The Morgan fingerprint density at radius 1 is 0.815 bits per heavy atom. The van der Waals surface area contributed by atoms with Crippen molar-refractivity contribution in [1.29, 1.82) is 0 Å². The molecule has 3 rings (SSSR count). The summed E-state index contributed by atoms with van der Waals surface area (Å²) in [6.07, 6.45) is 5.12. The van der Waals surface area contributed by atoms with Crippen molar-refractivity contribution >= 4 is 42.2 Å². The third kappa shape index (κ3) is 4.29. The second-order valence-corrected chi connectivity index (χ2v) is 10.2. The van der Waals surface area contributed by atoms with Gasteiger partial charge in [-0.3, -0.25) is 9.59 Å². The molecule has 27 heavy (non-hydrogen) atoms. The highest BCUT2D eigenvalue weighted by atomic mass is 35.5. The Kier molecular flexibility index (Phi) is 6.74. The molecule has 1 saturated carbocycles. The Balaban J connectivity index is 2.09. The summed E-state index contributed by atoms with van der Waals surface area (Å²) in [6, 6.07) is 10.9. The van der Waals surface area contributed by atoms with Gasteiger partial charge in [-0.25, -0.2) is 0 Å². The molecule has 1 aliphatic rings. The predicted molar refractivity (Wildman–Crippen MR) is 115 cm³/mol. The van der Waals surface area contributed by atoms with Crippen LogP contribution in [-0.4, -0.2) is 16.7 Å². The van der Waals surface area contributed by atoms with E-state index in [4.69, 9.17) is 23.2 Å². The molecule has 1 atom stereocenters. The second-order valence-electron chi connectivity index (χ2n) is 7.14. The number of carbonyl (C=O) groups excluding carboxylic acids is 2. The Morgan fingerprint density at radius 2 is 1.30 bits per heavy atom. The molecule has 0 aromatic heterocycles. The van der Waals surface area contributed by atoms with Crippen LogP contribution in [0.15, 0.2) is 36.4 Å². The predicted octanol–water partition coefficient (Wildman–Crippen LogP) is 7.41. The number of hydrogen-bond donors (Lipinski definition) is 0. The van der Waals surface area contributed by atoms with Gasteiger partial charge in [-0.2, -0.15) is 0 Å². The molecule has 0 bridgehead atoms. The van der Waals surface area contributed by atoms with Crippen LogP contribution in [0.1, 0.15) is 63.9 Å². The van der Waals surface area contributed by atoms with Crippen LogP contribution >= 0.6 is 31.1 Å². The summed E-state index contributed by atoms with van der Waals surface area (Å²) in [6.45, 7) is 3.86. The van der Waals surface area contributed by atoms with Gasteiger partial charge in [0, 0.05) is 13.5 Å². The maximum atomic E-state index is 13.6.